The molecule has 0 atom stereocenters. The summed E-state index contributed by atoms with van der Waals surface area (Å²) in [7, 11) is 0. The molecule has 4 nitrogen and oxygen atoms in total. The lowest BCUT2D eigenvalue weighted by Gasteiger charge is -2.08. The molecule has 0 saturated heterocycles. The summed E-state index contributed by atoms with van der Waals surface area (Å²) in [5, 5.41) is 20.1. The number of anilines is 1. The van der Waals surface area contributed by atoms with Crippen molar-refractivity contribution in [2.75, 3.05) is 11.9 Å². The standard InChI is InChI=1S/C15H16N4/c1-12-11-14(13-7-3-2-4-8-13)18-19-15(12)17-10-6-5-9-16/h2-4,7-8,11H,5-6,10H2,1H3,(H,17,19). The number of rotatable bonds is 5. The van der Waals surface area contributed by atoms with E-state index in [1.807, 2.05) is 43.3 Å². The van der Waals surface area contributed by atoms with Crippen LogP contribution < -0.4 is 5.32 Å². The minimum atomic E-state index is 0.557. The predicted molar refractivity (Wildman–Crippen MR) is 75.5 cm³/mol. The Hall–Kier alpha value is -2.41. The van der Waals surface area contributed by atoms with Crippen LogP contribution in [0.4, 0.5) is 5.82 Å². The fourth-order valence-electron chi connectivity index (χ4n) is 1.78. The maximum absolute atomic E-state index is 8.47. The molecule has 0 bridgehead atoms. The van der Waals surface area contributed by atoms with Crippen LogP contribution in [0.1, 0.15) is 18.4 Å². The molecule has 1 aromatic heterocycles. The number of nitrogens with one attached hydrogen (secondary N) is 1. The monoisotopic (exact) mass is 252 g/mol. The van der Waals surface area contributed by atoms with E-state index in [1.165, 1.54) is 0 Å². The Morgan fingerprint density at radius 3 is 2.68 bits per heavy atom. The van der Waals surface area contributed by atoms with Gasteiger partial charge in [-0.2, -0.15) is 5.26 Å². The lowest BCUT2D eigenvalue weighted by atomic mass is 10.1. The molecule has 1 N–H and O–H groups in total. The van der Waals surface area contributed by atoms with Gasteiger partial charge < -0.3 is 5.32 Å². The van der Waals surface area contributed by atoms with Crippen molar-refractivity contribution in [3.8, 4) is 17.3 Å². The Bertz CT molecular complexity index is 572. The van der Waals surface area contributed by atoms with Crippen LogP contribution in [0.5, 0.6) is 0 Å². The number of hydrogen-bond acceptors (Lipinski definition) is 4. The first-order valence-corrected chi connectivity index (χ1v) is 6.32. The molecule has 2 rings (SSSR count). The number of hydrogen-bond donors (Lipinski definition) is 1. The predicted octanol–water partition coefficient (Wildman–Crippen LogP) is 3.17. The van der Waals surface area contributed by atoms with E-state index < -0.39 is 0 Å². The van der Waals surface area contributed by atoms with Crippen LogP contribution in [0.15, 0.2) is 36.4 Å². The first kappa shape index (κ1) is 13.0. The van der Waals surface area contributed by atoms with E-state index in [0.29, 0.717) is 6.42 Å². The first-order valence-electron chi connectivity index (χ1n) is 6.32. The summed E-state index contributed by atoms with van der Waals surface area (Å²) in [6.45, 7) is 2.75. The quantitative estimate of drug-likeness (QED) is 0.830. The fourth-order valence-corrected chi connectivity index (χ4v) is 1.78. The van der Waals surface area contributed by atoms with Gasteiger partial charge in [0.1, 0.15) is 0 Å². The van der Waals surface area contributed by atoms with Crippen LogP contribution in [-0.4, -0.2) is 16.7 Å². The zero-order valence-electron chi connectivity index (χ0n) is 10.9. The van der Waals surface area contributed by atoms with Gasteiger partial charge in [0, 0.05) is 18.5 Å². The van der Waals surface area contributed by atoms with Crippen molar-refractivity contribution in [2.45, 2.75) is 19.8 Å². The molecule has 2 aromatic rings. The Balaban J connectivity index is 2.08. The highest BCUT2D eigenvalue weighted by Crippen LogP contribution is 2.19. The highest BCUT2D eigenvalue weighted by molar-refractivity contribution is 5.61. The van der Waals surface area contributed by atoms with E-state index in [2.05, 4.69) is 21.6 Å². The second-order valence-electron chi connectivity index (χ2n) is 4.32. The molecule has 0 aliphatic rings. The SMILES string of the molecule is Cc1cc(-c2ccccc2)nnc1NCCCC#N. The highest BCUT2D eigenvalue weighted by atomic mass is 15.2. The van der Waals surface area contributed by atoms with Crippen LogP contribution in [0.3, 0.4) is 0 Å². The van der Waals surface area contributed by atoms with Gasteiger partial charge in [0.15, 0.2) is 5.82 Å². The Labute approximate surface area is 113 Å². The van der Waals surface area contributed by atoms with Crippen molar-refractivity contribution in [2.24, 2.45) is 0 Å². The first-order chi connectivity index (χ1) is 9.31. The van der Waals surface area contributed by atoms with Crippen molar-refractivity contribution in [1.29, 1.82) is 5.26 Å². The molecule has 0 aliphatic carbocycles. The summed E-state index contributed by atoms with van der Waals surface area (Å²) in [4.78, 5) is 0. The third-order valence-electron chi connectivity index (χ3n) is 2.81. The van der Waals surface area contributed by atoms with Gasteiger partial charge in [0.05, 0.1) is 11.8 Å². The average molecular weight is 252 g/mol. The summed E-state index contributed by atoms with van der Waals surface area (Å²) in [6.07, 6.45) is 1.37. The van der Waals surface area contributed by atoms with Gasteiger partial charge in [0.2, 0.25) is 0 Å². The molecule has 0 unspecified atom stereocenters. The molecule has 0 aliphatic heterocycles. The lowest BCUT2D eigenvalue weighted by Crippen LogP contribution is -2.06. The fraction of sp³-hybridized carbons (Fsp3) is 0.267. The third-order valence-corrected chi connectivity index (χ3v) is 2.81. The van der Waals surface area contributed by atoms with E-state index in [4.69, 9.17) is 5.26 Å². The molecule has 96 valence electrons. The summed E-state index contributed by atoms with van der Waals surface area (Å²) in [5.41, 5.74) is 3.00. The lowest BCUT2D eigenvalue weighted by molar-refractivity contribution is 0.881. The number of aryl methyl sites for hydroxylation is 1. The summed E-state index contributed by atoms with van der Waals surface area (Å²) >= 11 is 0. The van der Waals surface area contributed by atoms with Gasteiger partial charge in [-0.1, -0.05) is 30.3 Å². The van der Waals surface area contributed by atoms with E-state index in [0.717, 1.165) is 35.6 Å². The van der Waals surface area contributed by atoms with Crippen molar-refractivity contribution in [3.63, 3.8) is 0 Å². The van der Waals surface area contributed by atoms with Crippen LogP contribution >= 0.6 is 0 Å². The van der Waals surface area contributed by atoms with Gasteiger partial charge in [-0.15, -0.1) is 10.2 Å². The zero-order valence-corrected chi connectivity index (χ0v) is 10.9. The smallest absolute Gasteiger partial charge is 0.151 e. The van der Waals surface area contributed by atoms with Gasteiger partial charge in [0.25, 0.3) is 0 Å². The molecule has 1 heterocycles. The molecule has 0 spiro atoms. The van der Waals surface area contributed by atoms with Crippen molar-refractivity contribution >= 4 is 5.82 Å². The number of nitriles is 1. The highest BCUT2D eigenvalue weighted by Gasteiger charge is 2.04. The van der Waals surface area contributed by atoms with Gasteiger partial charge in [-0.3, -0.25) is 0 Å². The summed E-state index contributed by atoms with van der Waals surface area (Å²) in [5.74, 6) is 0.789. The molecular formula is C15H16N4. The number of benzene rings is 1. The molecule has 4 heteroatoms. The Morgan fingerprint density at radius 2 is 2.00 bits per heavy atom. The number of unbranched alkanes of at least 4 members (excludes halogenated alkanes) is 1. The molecule has 0 fully saturated rings. The summed E-state index contributed by atoms with van der Waals surface area (Å²) in [6, 6.07) is 14.1. The average Bonchev–Trinajstić information content (AvgIpc) is 2.46. The van der Waals surface area contributed by atoms with Crippen LogP contribution in [0, 0.1) is 18.3 Å². The molecular weight excluding hydrogens is 236 g/mol. The maximum Gasteiger partial charge on any atom is 0.151 e. The largest absolute Gasteiger partial charge is 0.368 e. The van der Waals surface area contributed by atoms with Crippen LogP contribution in [-0.2, 0) is 0 Å². The molecule has 0 amide bonds. The molecule has 0 saturated carbocycles. The van der Waals surface area contributed by atoms with E-state index in [-0.39, 0.29) is 0 Å². The number of aromatic nitrogens is 2. The summed E-state index contributed by atoms with van der Waals surface area (Å²) < 4.78 is 0. The Morgan fingerprint density at radius 1 is 1.21 bits per heavy atom. The second kappa shape index (κ2) is 6.50. The van der Waals surface area contributed by atoms with Crippen molar-refractivity contribution < 1.29 is 0 Å². The topological polar surface area (TPSA) is 61.6 Å². The van der Waals surface area contributed by atoms with Crippen LogP contribution in [0.25, 0.3) is 11.3 Å². The third kappa shape index (κ3) is 3.52. The second-order valence-corrected chi connectivity index (χ2v) is 4.32. The molecule has 1 aromatic carbocycles. The zero-order chi connectivity index (χ0) is 13.5. The molecule has 19 heavy (non-hydrogen) atoms. The van der Waals surface area contributed by atoms with Crippen molar-refractivity contribution in [3.05, 3.63) is 42.0 Å². The van der Waals surface area contributed by atoms with E-state index >= 15 is 0 Å². The number of nitrogens with zero attached hydrogens (tertiary/aromatic N) is 3. The van der Waals surface area contributed by atoms with Crippen molar-refractivity contribution in [1.82, 2.24) is 10.2 Å². The van der Waals surface area contributed by atoms with Gasteiger partial charge in [-0.05, 0) is 25.0 Å². The van der Waals surface area contributed by atoms with Gasteiger partial charge in [-0.25, -0.2) is 0 Å². The minimum absolute atomic E-state index is 0.557. The van der Waals surface area contributed by atoms with E-state index in [9.17, 15) is 0 Å². The maximum atomic E-state index is 8.47. The normalized spacial score (nSPS) is 9.89. The van der Waals surface area contributed by atoms with E-state index in [1.54, 1.807) is 0 Å². The van der Waals surface area contributed by atoms with Crippen LogP contribution in [0.2, 0.25) is 0 Å². The Kier molecular flexibility index (Phi) is 4.46. The minimum Gasteiger partial charge on any atom is -0.368 e. The van der Waals surface area contributed by atoms with Gasteiger partial charge >= 0.3 is 0 Å². The molecule has 0 radical (unpaired) electrons.